The quantitative estimate of drug-likeness (QED) is 0.519. The first-order chi connectivity index (χ1) is 14.2. The number of para-hydroxylation sites is 1. The van der Waals surface area contributed by atoms with E-state index in [-0.39, 0.29) is 17.5 Å². The van der Waals surface area contributed by atoms with E-state index < -0.39 is 0 Å². The fourth-order valence-electron chi connectivity index (χ4n) is 3.68. The lowest BCUT2D eigenvalue weighted by atomic mass is 10.2. The van der Waals surface area contributed by atoms with E-state index in [1.807, 2.05) is 29.2 Å². The molecule has 1 saturated heterocycles. The number of carbonyl (C=O) groups is 1. The van der Waals surface area contributed by atoms with Crippen LogP contribution >= 0.6 is 11.3 Å². The van der Waals surface area contributed by atoms with Gasteiger partial charge in [-0.2, -0.15) is 5.10 Å². The fourth-order valence-corrected chi connectivity index (χ4v) is 4.60. The highest BCUT2D eigenvalue weighted by atomic mass is 32.1. The molecule has 0 bridgehead atoms. The zero-order chi connectivity index (χ0) is 19.8. The van der Waals surface area contributed by atoms with E-state index in [1.165, 1.54) is 22.1 Å². The summed E-state index contributed by atoms with van der Waals surface area (Å²) < 4.78 is 4.18. The summed E-state index contributed by atoms with van der Waals surface area (Å²) in [6.07, 6.45) is 6.80. The number of rotatable bonds is 4. The van der Waals surface area contributed by atoms with Crippen molar-refractivity contribution in [2.45, 2.75) is 25.4 Å². The van der Waals surface area contributed by atoms with Crippen LogP contribution in [0.2, 0.25) is 0 Å². The SMILES string of the molecule is O=C(c1nc2ccccc2s1)N1CCCC1Cn1nc(-n2ccnc2)ccc1=O. The maximum atomic E-state index is 13.1. The van der Waals surface area contributed by atoms with E-state index in [1.54, 1.807) is 29.4 Å². The van der Waals surface area contributed by atoms with Crippen LogP contribution in [0.5, 0.6) is 0 Å². The van der Waals surface area contributed by atoms with Gasteiger partial charge >= 0.3 is 0 Å². The number of nitrogens with zero attached hydrogens (tertiary/aromatic N) is 6. The third-order valence-electron chi connectivity index (χ3n) is 5.12. The first-order valence-corrected chi connectivity index (χ1v) is 10.2. The average Bonchev–Trinajstić information content (AvgIpc) is 3.49. The van der Waals surface area contributed by atoms with Crippen LogP contribution in [0.25, 0.3) is 16.0 Å². The monoisotopic (exact) mass is 406 g/mol. The largest absolute Gasteiger partial charge is 0.332 e. The molecule has 0 saturated carbocycles. The number of aromatic nitrogens is 5. The van der Waals surface area contributed by atoms with Crippen molar-refractivity contribution in [2.24, 2.45) is 0 Å². The van der Waals surface area contributed by atoms with Gasteiger partial charge in [0.2, 0.25) is 0 Å². The number of thiazole rings is 1. The van der Waals surface area contributed by atoms with E-state index in [2.05, 4.69) is 15.1 Å². The van der Waals surface area contributed by atoms with Gasteiger partial charge in [-0.15, -0.1) is 11.3 Å². The van der Waals surface area contributed by atoms with Crippen LogP contribution in [-0.4, -0.2) is 47.7 Å². The molecule has 3 aromatic heterocycles. The Morgan fingerprint density at radius 2 is 2.10 bits per heavy atom. The summed E-state index contributed by atoms with van der Waals surface area (Å²) in [4.78, 5) is 35.8. The van der Waals surface area contributed by atoms with Gasteiger partial charge < -0.3 is 4.90 Å². The van der Waals surface area contributed by atoms with Gasteiger partial charge in [-0.3, -0.25) is 14.2 Å². The summed E-state index contributed by atoms with van der Waals surface area (Å²) in [6, 6.07) is 10.8. The van der Waals surface area contributed by atoms with Crippen molar-refractivity contribution in [1.29, 1.82) is 0 Å². The summed E-state index contributed by atoms with van der Waals surface area (Å²) in [5, 5.41) is 4.95. The van der Waals surface area contributed by atoms with Crippen molar-refractivity contribution < 1.29 is 4.79 Å². The molecular formula is C20H18N6O2S. The van der Waals surface area contributed by atoms with Crippen molar-refractivity contribution in [1.82, 2.24) is 29.2 Å². The Morgan fingerprint density at radius 1 is 1.21 bits per heavy atom. The predicted octanol–water partition coefficient (Wildman–Crippen LogP) is 2.34. The van der Waals surface area contributed by atoms with Crippen molar-refractivity contribution in [2.75, 3.05) is 6.54 Å². The Kier molecular flexibility index (Phi) is 4.44. The number of amides is 1. The van der Waals surface area contributed by atoms with Crippen LogP contribution in [0.1, 0.15) is 22.6 Å². The molecule has 146 valence electrons. The van der Waals surface area contributed by atoms with Gasteiger partial charge in [-0.1, -0.05) is 12.1 Å². The number of likely N-dealkylation sites (tertiary alicyclic amines) is 1. The van der Waals surface area contributed by atoms with Gasteiger partial charge in [-0.05, 0) is 31.0 Å². The second kappa shape index (κ2) is 7.25. The van der Waals surface area contributed by atoms with Crippen molar-refractivity contribution in [3.63, 3.8) is 0 Å². The highest BCUT2D eigenvalue weighted by Gasteiger charge is 2.31. The summed E-state index contributed by atoms with van der Waals surface area (Å²) in [7, 11) is 0. The molecule has 29 heavy (non-hydrogen) atoms. The van der Waals surface area contributed by atoms with Crippen molar-refractivity contribution in [3.8, 4) is 5.82 Å². The summed E-state index contributed by atoms with van der Waals surface area (Å²) in [6.45, 7) is 1.02. The minimum atomic E-state index is -0.187. The van der Waals surface area contributed by atoms with E-state index in [9.17, 15) is 9.59 Å². The Hall–Kier alpha value is -3.33. The molecule has 1 unspecified atom stereocenters. The number of hydrogen-bond donors (Lipinski definition) is 0. The van der Waals surface area contributed by atoms with Crippen LogP contribution < -0.4 is 5.56 Å². The van der Waals surface area contributed by atoms with Crippen LogP contribution in [0.15, 0.2) is 59.9 Å². The Morgan fingerprint density at radius 3 is 2.93 bits per heavy atom. The third kappa shape index (κ3) is 3.33. The van der Waals surface area contributed by atoms with Gasteiger partial charge in [0.15, 0.2) is 10.8 Å². The molecule has 1 aliphatic rings. The van der Waals surface area contributed by atoms with Crippen LogP contribution in [0.4, 0.5) is 0 Å². The van der Waals surface area contributed by atoms with Crippen molar-refractivity contribution >= 4 is 27.5 Å². The topological polar surface area (TPSA) is 85.9 Å². The van der Waals surface area contributed by atoms with Crippen LogP contribution in [0, 0.1) is 0 Å². The lowest BCUT2D eigenvalue weighted by Crippen LogP contribution is -2.40. The van der Waals surface area contributed by atoms with Crippen LogP contribution in [0.3, 0.4) is 0 Å². The second-order valence-electron chi connectivity index (χ2n) is 6.96. The lowest BCUT2D eigenvalue weighted by molar-refractivity contribution is 0.0720. The molecule has 4 heterocycles. The van der Waals surface area contributed by atoms with E-state index in [0.717, 1.165) is 23.1 Å². The van der Waals surface area contributed by atoms with Gasteiger partial charge in [-0.25, -0.2) is 14.6 Å². The maximum absolute atomic E-state index is 13.1. The fraction of sp³-hybridized carbons (Fsp3) is 0.250. The van der Waals surface area contributed by atoms with E-state index >= 15 is 0 Å². The zero-order valence-corrected chi connectivity index (χ0v) is 16.3. The summed E-state index contributed by atoms with van der Waals surface area (Å²) >= 11 is 1.41. The molecule has 1 aliphatic heterocycles. The van der Waals surface area contributed by atoms with Crippen molar-refractivity contribution in [3.05, 3.63) is 70.5 Å². The minimum absolute atomic E-state index is 0.0764. The molecule has 8 nitrogen and oxygen atoms in total. The standard InChI is InChI=1S/C20H18N6O2S/c27-18-8-7-17(24-11-9-21-13-24)23-26(18)12-14-4-3-10-25(14)20(28)19-22-15-5-1-2-6-16(15)29-19/h1-2,5-9,11,13-14H,3-4,10,12H2. The molecular weight excluding hydrogens is 388 g/mol. The minimum Gasteiger partial charge on any atom is -0.332 e. The van der Waals surface area contributed by atoms with E-state index in [0.29, 0.717) is 23.9 Å². The number of benzene rings is 1. The zero-order valence-electron chi connectivity index (χ0n) is 15.5. The van der Waals surface area contributed by atoms with E-state index in [4.69, 9.17) is 0 Å². The number of imidazole rings is 1. The average molecular weight is 406 g/mol. The first kappa shape index (κ1) is 17.7. The number of carbonyl (C=O) groups excluding carboxylic acids is 1. The highest BCUT2D eigenvalue weighted by molar-refractivity contribution is 7.20. The molecule has 0 spiro atoms. The van der Waals surface area contributed by atoms with Gasteiger partial charge in [0.1, 0.15) is 6.33 Å². The Labute approximate surface area is 170 Å². The maximum Gasteiger partial charge on any atom is 0.283 e. The normalized spacial score (nSPS) is 16.6. The van der Waals surface area contributed by atoms with Gasteiger partial charge in [0.25, 0.3) is 11.5 Å². The summed E-state index contributed by atoms with van der Waals surface area (Å²) in [5.41, 5.74) is 0.649. The van der Waals surface area contributed by atoms with Gasteiger partial charge in [0, 0.05) is 25.0 Å². The Balaban J connectivity index is 1.40. The molecule has 0 aliphatic carbocycles. The lowest BCUT2D eigenvalue weighted by Gasteiger charge is -2.24. The molecule has 1 aromatic carbocycles. The highest BCUT2D eigenvalue weighted by Crippen LogP contribution is 2.26. The predicted molar refractivity (Wildman–Crippen MR) is 109 cm³/mol. The smallest absolute Gasteiger partial charge is 0.283 e. The number of fused-ring (bicyclic) bond motifs is 1. The molecule has 9 heteroatoms. The molecule has 5 rings (SSSR count). The second-order valence-corrected chi connectivity index (χ2v) is 7.99. The molecule has 0 N–H and O–H groups in total. The summed E-state index contributed by atoms with van der Waals surface area (Å²) in [5.74, 6) is 0.539. The van der Waals surface area contributed by atoms with Crippen LogP contribution in [-0.2, 0) is 6.54 Å². The molecule has 1 atom stereocenters. The molecule has 0 radical (unpaired) electrons. The van der Waals surface area contributed by atoms with Gasteiger partial charge in [0.05, 0.1) is 22.8 Å². The third-order valence-corrected chi connectivity index (χ3v) is 6.14. The molecule has 4 aromatic rings. The molecule has 1 amide bonds. The Bertz CT molecular complexity index is 1200. The first-order valence-electron chi connectivity index (χ1n) is 9.42. The number of hydrogen-bond acceptors (Lipinski definition) is 6. The molecule has 1 fully saturated rings.